The molecule has 2 amide bonds. The van der Waals surface area contributed by atoms with Crippen LogP contribution < -0.4 is 5.32 Å². The van der Waals surface area contributed by atoms with Gasteiger partial charge in [-0.15, -0.1) is 0 Å². The van der Waals surface area contributed by atoms with Crippen LogP contribution in [0.25, 0.3) is 0 Å². The summed E-state index contributed by atoms with van der Waals surface area (Å²) in [5.74, 6) is 0.652. The smallest absolute Gasteiger partial charge is 0.226 e. The van der Waals surface area contributed by atoms with Gasteiger partial charge in [0.15, 0.2) is 0 Å². The molecule has 142 valence electrons. The first-order chi connectivity index (χ1) is 12.5. The van der Waals surface area contributed by atoms with E-state index >= 15 is 0 Å². The standard InChI is InChI=1S/C20H30N4O2/c1-14-13-15(2)23-18(22-14)9-10-21-19(25)16-7-3-4-8-17(16)20(26)24-11-5-6-12-24/h13,16-17H,3-12H2,1-2H3,(H,21,25)/t16-,17+/m1/s1. The Hall–Kier alpha value is -1.98. The number of aromatic nitrogens is 2. The average molecular weight is 358 g/mol. The van der Waals surface area contributed by atoms with Crippen molar-refractivity contribution in [2.24, 2.45) is 11.8 Å². The Morgan fingerprint density at radius 2 is 1.65 bits per heavy atom. The number of amides is 2. The van der Waals surface area contributed by atoms with E-state index in [1.165, 1.54) is 0 Å². The maximum absolute atomic E-state index is 12.8. The lowest BCUT2D eigenvalue weighted by Gasteiger charge is -2.32. The molecule has 2 atom stereocenters. The van der Waals surface area contributed by atoms with Crippen LogP contribution in [0, 0.1) is 25.7 Å². The summed E-state index contributed by atoms with van der Waals surface area (Å²) in [6.07, 6.45) is 6.53. The lowest BCUT2D eigenvalue weighted by Crippen LogP contribution is -2.45. The van der Waals surface area contributed by atoms with E-state index in [0.29, 0.717) is 13.0 Å². The molecule has 2 aliphatic rings. The van der Waals surface area contributed by atoms with Crippen LogP contribution >= 0.6 is 0 Å². The highest BCUT2D eigenvalue weighted by molar-refractivity contribution is 5.88. The molecule has 6 nitrogen and oxygen atoms in total. The van der Waals surface area contributed by atoms with Crippen molar-refractivity contribution in [3.63, 3.8) is 0 Å². The predicted octanol–water partition coefficient (Wildman–Crippen LogP) is 2.18. The zero-order chi connectivity index (χ0) is 18.5. The van der Waals surface area contributed by atoms with E-state index in [0.717, 1.165) is 68.8 Å². The molecule has 2 heterocycles. The number of hydrogen-bond acceptors (Lipinski definition) is 4. The lowest BCUT2D eigenvalue weighted by molar-refractivity contribution is -0.142. The molecular weight excluding hydrogens is 328 g/mol. The summed E-state index contributed by atoms with van der Waals surface area (Å²) in [5.41, 5.74) is 1.89. The number of carbonyl (C=O) groups excluding carboxylic acids is 2. The van der Waals surface area contributed by atoms with Gasteiger partial charge < -0.3 is 10.2 Å². The molecule has 2 fully saturated rings. The summed E-state index contributed by atoms with van der Waals surface area (Å²) < 4.78 is 0. The van der Waals surface area contributed by atoms with Crippen molar-refractivity contribution in [2.45, 2.75) is 58.8 Å². The van der Waals surface area contributed by atoms with Crippen LogP contribution in [0.15, 0.2) is 6.07 Å². The summed E-state index contributed by atoms with van der Waals surface area (Å²) >= 11 is 0. The first kappa shape index (κ1) is 18.8. The van der Waals surface area contributed by atoms with Crippen molar-refractivity contribution in [3.05, 3.63) is 23.3 Å². The molecule has 1 aliphatic carbocycles. The van der Waals surface area contributed by atoms with Crippen LogP contribution in [0.2, 0.25) is 0 Å². The second-order valence-corrected chi connectivity index (χ2v) is 7.64. The first-order valence-corrected chi connectivity index (χ1v) is 9.92. The third kappa shape index (κ3) is 4.59. The Balaban J connectivity index is 1.55. The molecule has 0 bridgehead atoms. The zero-order valence-electron chi connectivity index (χ0n) is 16.0. The third-order valence-electron chi connectivity index (χ3n) is 5.51. The Labute approximate surface area is 155 Å². The number of nitrogens with zero attached hydrogens (tertiary/aromatic N) is 3. The van der Waals surface area contributed by atoms with Gasteiger partial charge in [-0.25, -0.2) is 9.97 Å². The van der Waals surface area contributed by atoms with Crippen LogP contribution in [-0.4, -0.2) is 46.3 Å². The Morgan fingerprint density at radius 3 is 2.31 bits per heavy atom. The minimum atomic E-state index is -0.183. The van der Waals surface area contributed by atoms with Gasteiger partial charge in [0.25, 0.3) is 0 Å². The van der Waals surface area contributed by atoms with E-state index in [1.807, 2.05) is 24.8 Å². The average Bonchev–Trinajstić information content (AvgIpc) is 3.15. The molecule has 0 spiro atoms. The maximum atomic E-state index is 12.8. The van der Waals surface area contributed by atoms with Crippen LogP contribution in [0.4, 0.5) is 0 Å². The quantitative estimate of drug-likeness (QED) is 0.875. The monoisotopic (exact) mass is 358 g/mol. The highest BCUT2D eigenvalue weighted by atomic mass is 16.2. The van der Waals surface area contributed by atoms with Crippen LogP contribution in [-0.2, 0) is 16.0 Å². The molecule has 1 aromatic heterocycles. The van der Waals surface area contributed by atoms with Crippen LogP contribution in [0.3, 0.4) is 0 Å². The second kappa shape index (κ2) is 8.60. The van der Waals surface area contributed by atoms with Gasteiger partial charge in [0.1, 0.15) is 5.82 Å². The van der Waals surface area contributed by atoms with Crippen molar-refractivity contribution in [2.75, 3.05) is 19.6 Å². The summed E-state index contributed by atoms with van der Waals surface area (Å²) in [7, 11) is 0. The Bertz CT molecular complexity index is 635. The topological polar surface area (TPSA) is 75.2 Å². The molecule has 0 aromatic carbocycles. The van der Waals surface area contributed by atoms with E-state index in [1.54, 1.807) is 0 Å². The van der Waals surface area contributed by atoms with Crippen molar-refractivity contribution in [3.8, 4) is 0 Å². The molecule has 1 N–H and O–H groups in total. The molecule has 6 heteroatoms. The predicted molar refractivity (Wildman–Crippen MR) is 99.5 cm³/mol. The normalized spacial score (nSPS) is 23.1. The summed E-state index contributed by atoms with van der Waals surface area (Å²) in [6.45, 7) is 6.13. The van der Waals surface area contributed by atoms with E-state index in [2.05, 4.69) is 15.3 Å². The number of aryl methyl sites for hydroxylation is 2. The molecule has 1 saturated heterocycles. The highest BCUT2D eigenvalue weighted by Gasteiger charge is 2.38. The molecule has 1 aromatic rings. The van der Waals surface area contributed by atoms with Gasteiger partial charge in [-0.3, -0.25) is 9.59 Å². The number of nitrogens with one attached hydrogen (secondary N) is 1. The SMILES string of the molecule is Cc1cc(C)nc(CCNC(=O)[C@@H]2CCCC[C@@H]2C(=O)N2CCCC2)n1. The van der Waals surface area contributed by atoms with Crippen molar-refractivity contribution in [1.82, 2.24) is 20.2 Å². The molecule has 0 unspecified atom stereocenters. The number of likely N-dealkylation sites (tertiary alicyclic amines) is 1. The van der Waals surface area contributed by atoms with E-state index < -0.39 is 0 Å². The Morgan fingerprint density at radius 1 is 1.04 bits per heavy atom. The largest absolute Gasteiger partial charge is 0.355 e. The van der Waals surface area contributed by atoms with E-state index in [4.69, 9.17) is 0 Å². The molecule has 26 heavy (non-hydrogen) atoms. The van der Waals surface area contributed by atoms with Gasteiger partial charge in [-0.05, 0) is 45.6 Å². The zero-order valence-corrected chi connectivity index (χ0v) is 16.0. The molecule has 1 aliphatic heterocycles. The van der Waals surface area contributed by atoms with E-state index in [-0.39, 0.29) is 23.7 Å². The summed E-state index contributed by atoms with van der Waals surface area (Å²) in [4.78, 5) is 36.3. The lowest BCUT2D eigenvalue weighted by atomic mass is 9.78. The molecule has 1 saturated carbocycles. The van der Waals surface area contributed by atoms with Gasteiger partial charge in [-0.2, -0.15) is 0 Å². The fraction of sp³-hybridized carbons (Fsp3) is 0.700. The number of hydrogen-bond donors (Lipinski definition) is 1. The van der Waals surface area contributed by atoms with E-state index in [9.17, 15) is 9.59 Å². The molecule has 3 rings (SSSR count). The number of rotatable bonds is 5. The minimum Gasteiger partial charge on any atom is -0.355 e. The van der Waals surface area contributed by atoms with Gasteiger partial charge in [0, 0.05) is 49.3 Å². The molecular formula is C20H30N4O2. The van der Waals surface area contributed by atoms with Gasteiger partial charge in [0.2, 0.25) is 11.8 Å². The van der Waals surface area contributed by atoms with Crippen molar-refractivity contribution in [1.29, 1.82) is 0 Å². The summed E-state index contributed by atoms with van der Waals surface area (Å²) in [6, 6.07) is 1.94. The highest BCUT2D eigenvalue weighted by Crippen LogP contribution is 2.32. The fourth-order valence-corrected chi connectivity index (χ4v) is 4.25. The Kier molecular flexibility index (Phi) is 6.22. The van der Waals surface area contributed by atoms with Crippen molar-refractivity contribution < 1.29 is 9.59 Å². The fourth-order valence-electron chi connectivity index (χ4n) is 4.25. The minimum absolute atomic E-state index is 0.0200. The second-order valence-electron chi connectivity index (χ2n) is 7.64. The summed E-state index contributed by atoms with van der Waals surface area (Å²) in [5, 5.41) is 3.03. The molecule has 0 radical (unpaired) electrons. The first-order valence-electron chi connectivity index (χ1n) is 9.92. The maximum Gasteiger partial charge on any atom is 0.226 e. The van der Waals surface area contributed by atoms with Gasteiger partial charge >= 0.3 is 0 Å². The van der Waals surface area contributed by atoms with Crippen LogP contribution in [0.5, 0.6) is 0 Å². The van der Waals surface area contributed by atoms with Crippen molar-refractivity contribution >= 4 is 11.8 Å². The third-order valence-corrected chi connectivity index (χ3v) is 5.51. The van der Waals surface area contributed by atoms with Gasteiger partial charge in [-0.1, -0.05) is 12.8 Å². The van der Waals surface area contributed by atoms with Gasteiger partial charge in [0.05, 0.1) is 0 Å². The van der Waals surface area contributed by atoms with Crippen LogP contribution in [0.1, 0.15) is 55.7 Å². The number of carbonyl (C=O) groups is 2.